The summed E-state index contributed by atoms with van der Waals surface area (Å²) in [6, 6.07) is 9.16. The number of carbonyl (C=O) groups excluding carboxylic acids is 1. The van der Waals surface area contributed by atoms with Crippen LogP contribution in [-0.2, 0) is 0 Å². The van der Waals surface area contributed by atoms with Crippen molar-refractivity contribution in [3.05, 3.63) is 29.8 Å². The Labute approximate surface area is 119 Å². The monoisotopic (exact) mass is 273 g/mol. The van der Waals surface area contributed by atoms with Crippen LogP contribution in [0.1, 0.15) is 23.2 Å². The van der Waals surface area contributed by atoms with Gasteiger partial charge in [0.2, 0.25) is 0 Å². The van der Waals surface area contributed by atoms with Crippen molar-refractivity contribution in [3.8, 4) is 11.8 Å². The number of likely N-dealkylation sites (tertiary alicyclic amines) is 1. The van der Waals surface area contributed by atoms with Gasteiger partial charge in [0.05, 0.1) is 13.2 Å². The summed E-state index contributed by atoms with van der Waals surface area (Å²) < 4.78 is 5.06. The molecule has 1 aromatic carbocycles. The fraction of sp³-hybridized carbons (Fsp3) is 0.467. The van der Waals surface area contributed by atoms with Gasteiger partial charge in [0.25, 0.3) is 5.91 Å². The predicted octanol–water partition coefficient (Wildman–Crippen LogP) is 1.41. The quantitative estimate of drug-likeness (QED) is 0.904. The van der Waals surface area contributed by atoms with Gasteiger partial charge in [-0.2, -0.15) is 5.26 Å². The first-order chi connectivity index (χ1) is 9.58. The number of nitriles is 1. The van der Waals surface area contributed by atoms with Crippen molar-refractivity contribution < 1.29 is 9.53 Å². The normalized spacial score (nSPS) is 18.1. The van der Waals surface area contributed by atoms with E-state index in [4.69, 9.17) is 4.74 Å². The van der Waals surface area contributed by atoms with Crippen molar-refractivity contribution in [2.45, 2.75) is 18.4 Å². The lowest BCUT2D eigenvalue weighted by atomic mass is 9.89. The lowest BCUT2D eigenvalue weighted by Crippen LogP contribution is -2.53. The van der Waals surface area contributed by atoms with E-state index >= 15 is 0 Å². The number of hydrogen-bond acceptors (Lipinski definition) is 4. The summed E-state index contributed by atoms with van der Waals surface area (Å²) in [5, 5.41) is 12.3. The van der Waals surface area contributed by atoms with Crippen LogP contribution in [0.25, 0.3) is 0 Å². The molecule has 1 amide bonds. The molecule has 0 spiro atoms. The zero-order chi connectivity index (χ0) is 14.6. The van der Waals surface area contributed by atoms with Crippen LogP contribution >= 0.6 is 0 Å². The first-order valence-electron chi connectivity index (χ1n) is 6.65. The Morgan fingerprint density at radius 3 is 2.45 bits per heavy atom. The summed E-state index contributed by atoms with van der Waals surface area (Å²) in [6.45, 7) is 1.63. The Bertz CT molecular complexity index is 511. The number of rotatable bonds is 3. The van der Waals surface area contributed by atoms with E-state index in [1.165, 1.54) is 0 Å². The number of nitrogens with one attached hydrogen (secondary N) is 1. The Hall–Kier alpha value is -2.06. The van der Waals surface area contributed by atoms with Gasteiger partial charge in [0.1, 0.15) is 11.3 Å². The molecule has 5 nitrogen and oxygen atoms in total. The molecule has 0 aromatic heterocycles. The van der Waals surface area contributed by atoms with E-state index in [0.717, 1.165) is 13.1 Å². The highest BCUT2D eigenvalue weighted by atomic mass is 16.5. The van der Waals surface area contributed by atoms with E-state index in [1.54, 1.807) is 31.4 Å². The molecule has 0 unspecified atom stereocenters. The van der Waals surface area contributed by atoms with Crippen molar-refractivity contribution in [1.29, 1.82) is 5.26 Å². The molecule has 1 aliphatic heterocycles. The maximum absolute atomic E-state index is 12.2. The third-order valence-corrected chi connectivity index (χ3v) is 3.76. The van der Waals surface area contributed by atoms with Gasteiger partial charge in [0, 0.05) is 18.7 Å². The zero-order valence-electron chi connectivity index (χ0n) is 11.8. The number of nitrogens with zero attached hydrogens (tertiary/aromatic N) is 2. The molecule has 5 heteroatoms. The van der Waals surface area contributed by atoms with Crippen LogP contribution in [0.3, 0.4) is 0 Å². The van der Waals surface area contributed by atoms with E-state index < -0.39 is 5.54 Å². The molecule has 1 aromatic rings. The summed E-state index contributed by atoms with van der Waals surface area (Å²) in [5.41, 5.74) is -0.205. The number of amides is 1. The minimum absolute atomic E-state index is 0.209. The number of benzene rings is 1. The second kappa shape index (κ2) is 5.93. The minimum atomic E-state index is -0.747. The molecule has 1 heterocycles. The highest BCUT2D eigenvalue weighted by molar-refractivity contribution is 5.95. The molecule has 2 rings (SSSR count). The summed E-state index contributed by atoms with van der Waals surface area (Å²) in [6.07, 6.45) is 1.31. The van der Waals surface area contributed by atoms with Gasteiger partial charge in [-0.05, 0) is 44.2 Å². The Morgan fingerprint density at radius 2 is 1.95 bits per heavy atom. The topological polar surface area (TPSA) is 65.4 Å². The molecule has 1 saturated heterocycles. The molecular weight excluding hydrogens is 254 g/mol. The highest BCUT2D eigenvalue weighted by Crippen LogP contribution is 2.21. The standard InChI is InChI=1S/C15H19N3O2/c1-18-9-7-15(11-16,8-10-18)17-14(19)12-3-5-13(20-2)6-4-12/h3-6H,7-10H2,1-2H3,(H,17,19). The van der Waals surface area contributed by atoms with Crippen molar-refractivity contribution in [3.63, 3.8) is 0 Å². The molecule has 106 valence electrons. The fourth-order valence-electron chi connectivity index (χ4n) is 2.30. The third kappa shape index (κ3) is 3.09. The first-order valence-corrected chi connectivity index (χ1v) is 6.65. The summed E-state index contributed by atoms with van der Waals surface area (Å²) >= 11 is 0. The third-order valence-electron chi connectivity index (χ3n) is 3.76. The molecule has 0 radical (unpaired) electrons. The van der Waals surface area contributed by atoms with Crippen molar-refractivity contribution in [2.75, 3.05) is 27.2 Å². The average molecular weight is 273 g/mol. The van der Waals surface area contributed by atoms with Crippen LogP contribution in [0.4, 0.5) is 0 Å². The SMILES string of the molecule is COc1ccc(C(=O)NC2(C#N)CCN(C)CC2)cc1. The molecular formula is C15H19N3O2. The molecule has 20 heavy (non-hydrogen) atoms. The van der Waals surface area contributed by atoms with Gasteiger partial charge in [-0.3, -0.25) is 4.79 Å². The number of hydrogen-bond donors (Lipinski definition) is 1. The van der Waals surface area contributed by atoms with E-state index in [9.17, 15) is 10.1 Å². The van der Waals surface area contributed by atoms with Crippen LogP contribution in [0.5, 0.6) is 5.75 Å². The number of methoxy groups -OCH3 is 1. The highest BCUT2D eigenvalue weighted by Gasteiger charge is 2.35. The van der Waals surface area contributed by atoms with Crippen LogP contribution in [0, 0.1) is 11.3 Å². The predicted molar refractivity (Wildman–Crippen MR) is 75.5 cm³/mol. The van der Waals surface area contributed by atoms with Crippen LogP contribution in [0.15, 0.2) is 24.3 Å². The molecule has 1 fully saturated rings. The lowest BCUT2D eigenvalue weighted by molar-refractivity contribution is 0.0882. The lowest BCUT2D eigenvalue weighted by Gasteiger charge is -2.36. The fourth-order valence-corrected chi connectivity index (χ4v) is 2.30. The van der Waals surface area contributed by atoms with Crippen LogP contribution in [0.2, 0.25) is 0 Å². The second-order valence-electron chi connectivity index (χ2n) is 5.18. The van der Waals surface area contributed by atoms with Crippen LogP contribution in [-0.4, -0.2) is 43.6 Å². The van der Waals surface area contributed by atoms with Gasteiger partial charge in [0.15, 0.2) is 0 Å². The Kier molecular flexibility index (Phi) is 4.26. The van der Waals surface area contributed by atoms with E-state index in [0.29, 0.717) is 24.2 Å². The van der Waals surface area contributed by atoms with Crippen LogP contribution < -0.4 is 10.1 Å². The maximum Gasteiger partial charge on any atom is 0.252 e. The smallest absolute Gasteiger partial charge is 0.252 e. The van der Waals surface area contributed by atoms with Gasteiger partial charge in [-0.25, -0.2) is 0 Å². The van der Waals surface area contributed by atoms with E-state index in [1.807, 2.05) is 7.05 Å². The Balaban J connectivity index is 2.07. The Morgan fingerprint density at radius 1 is 1.35 bits per heavy atom. The van der Waals surface area contributed by atoms with E-state index in [-0.39, 0.29) is 5.91 Å². The van der Waals surface area contributed by atoms with Gasteiger partial charge < -0.3 is 15.0 Å². The molecule has 1 aliphatic rings. The average Bonchev–Trinajstić information content (AvgIpc) is 2.50. The summed E-state index contributed by atoms with van der Waals surface area (Å²) in [5.74, 6) is 0.495. The number of carbonyl (C=O) groups is 1. The molecule has 0 bridgehead atoms. The van der Waals surface area contributed by atoms with Gasteiger partial charge >= 0.3 is 0 Å². The molecule has 1 N–H and O–H groups in total. The summed E-state index contributed by atoms with van der Waals surface area (Å²) in [7, 11) is 3.60. The van der Waals surface area contributed by atoms with Crippen molar-refractivity contribution >= 4 is 5.91 Å². The maximum atomic E-state index is 12.2. The largest absolute Gasteiger partial charge is 0.497 e. The molecule has 0 saturated carbocycles. The number of piperidine rings is 1. The summed E-state index contributed by atoms with van der Waals surface area (Å²) in [4.78, 5) is 14.4. The molecule has 0 aliphatic carbocycles. The van der Waals surface area contributed by atoms with E-state index in [2.05, 4.69) is 16.3 Å². The van der Waals surface area contributed by atoms with Gasteiger partial charge in [-0.15, -0.1) is 0 Å². The van der Waals surface area contributed by atoms with Gasteiger partial charge in [-0.1, -0.05) is 0 Å². The zero-order valence-corrected chi connectivity index (χ0v) is 11.8. The van der Waals surface area contributed by atoms with Crippen molar-refractivity contribution in [1.82, 2.24) is 10.2 Å². The molecule has 0 atom stereocenters. The first kappa shape index (κ1) is 14.4. The number of ether oxygens (including phenoxy) is 1. The minimum Gasteiger partial charge on any atom is -0.497 e. The van der Waals surface area contributed by atoms with Crippen molar-refractivity contribution in [2.24, 2.45) is 0 Å². The second-order valence-corrected chi connectivity index (χ2v) is 5.18.